The number of rotatable bonds is 5. The van der Waals surface area contributed by atoms with Gasteiger partial charge in [-0.1, -0.05) is 37.1 Å². The fourth-order valence-corrected chi connectivity index (χ4v) is 4.52. The van der Waals surface area contributed by atoms with Gasteiger partial charge in [0.05, 0.1) is 10.5 Å². The summed E-state index contributed by atoms with van der Waals surface area (Å²) in [6.07, 6.45) is 4.09. The summed E-state index contributed by atoms with van der Waals surface area (Å²) in [5.74, 6) is -0.303. The van der Waals surface area contributed by atoms with E-state index >= 15 is 0 Å². The molecule has 1 fully saturated rings. The van der Waals surface area contributed by atoms with Crippen LogP contribution >= 0.6 is 0 Å². The Hall–Kier alpha value is -2.47. The number of halogens is 1. The lowest BCUT2D eigenvalue weighted by atomic mass is 9.82. The third-order valence-electron chi connectivity index (χ3n) is 5.38. The number of hydrogen-bond donors (Lipinski definition) is 0. The molecule has 4 nitrogen and oxygen atoms in total. The average Bonchev–Trinajstić information content (AvgIpc) is 3.38. The summed E-state index contributed by atoms with van der Waals surface area (Å²) < 4.78 is 42.8. The van der Waals surface area contributed by atoms with Gasteiger partial charge in [0.15, 0.2) is 9.84 Å². The van der Waals surface area contributed by atoms with Gasteiger partial charge in [-0.05, 0) is 54.7 Å². The Bertz CT molecular complexity index is 1060. The van der Waals surface area contributed by atoms with Crippen molar-refractivity contribution in [2.24, 2.45) is 5.92 Å². The van der Waals surface area contributed by atoms with Crippen LogP contribution in [-0.2, 0) is 19.4 Å². The largest absolute Gasteiger partial charge is 0.451 e. The molecular formula is C22H21FO4S. The standard InChI is InChI=1S/C22H21FO4S/c1-22(13-14-3-4-14)20(16-7-11-18(12-8-16)28(2,25)26)19(21(24)27-22)15-5-9-17(23)10-6-15/h5-12,14H,3-4,13H2,1-2H3. The lowest BCUT2D eigenvalue weighted by molar-refractivity contribution is -0.143. The van der Waals surface area contributed by atoms with E-state index in [1.54, 1.807) is 36.4 Å². The van der Waals surface area contributed by atoms with E-state index in [4.69, 9.17) is 4.74 Å². The van der Waals surface area contributed by atoms with Crippen molar-refractivity contribution in [1.29, 1.82) is 0 Å². The topological polar surface area (TPSA) is 60.4 Å². The molecule has 2 aromatic rings. The van der Waals surface area contributed by atoms with Crippen molar-refractivity contribution in [3.63, 3.8) is 0 Å². The highest BCUT2D eigenvalue weighted by molar-refractivity contribution is 7.90. The molecule has 2 aliphatic rings. The summed E-state index contributed by atoms with van der Waals surface area (Å²) >= 11 is 0. The van der Waals surface area contributed by atoms with Crippen LogP contribution in [-0.4, -0.2) is 26.2 Å². The van der Waals surface area contributed by atoms with Crippen molar-refractivity contribution in [3.8, 4) is 0 Å². The quantitative estimate of drug-likeness (QED) is 0.704. The lowest BCUT2D eigenvalue weighted by Gasteiger charge is -2.27. The third kappa shape index (κ3) is 3.49. The molecule has 1 aliphatic heterocycles. The minimum Gasteiger partial charge on any atom is -0.451 e. The van der Waals surface area contributed by atoms with E-state index in [0.717, 1.165) is 30.2 Å². The Morgan fingerprint density at radius 2 is 1.61 bits per heavy atom. The van der Waals surface area contributed by atoms with Gasteiger partial charge in [-0.15, -0.1) is 0 Å². The molecule has 0 aromatic heterocycles. The SMILES string of the molecule is CC1(CC2CC2)OC(=O)C(c2ccc(F)cc2)=C1c1ccc(S(C)(=O)=O)cc1. The number of cyclic esters (lactones) is 1. The molecule has 1 heterocycles. The van der Waals surface area contributed by atoms with Crippen molar-refractivity contribution in [2.45, 2.75) is 36.7 Å². The first kappa shape index (κ1) is 18.9. The van der Waals surface area contributed by atoms with Crippen LogP contribution < -0.4 is 0 Å². The highest BCUT2D eigenvalue weighted by atomic mass is 32.2. The second-order valence-electron chi connectivity index (χ2n) is 7.82. The van der Waals surface area contributed by atoms with Crippen molar-refractivity contribution in [3.05, 3.63) is 65.5 Å². The number of carbonyl (C=O) groups is 1. The molecule has 0 spiro atoms. The molecular weight excluding hydrogens is 379 g/mol. The summed E-state index contributed by atoms with van der Waals surface area (Å²) in [4.78, 5) is 13.0. The second-order valence-corrected chi connectivity index (χ2v) is 9.84. The van der Waals surface area contributed by atoms with E-state index in [-0.39, 0.29) is 10.7 Å². The number of ether oxygens (including phenoxy) is 1. The predicted octanol–water partition coefficient (Wildman–Crippen LogP) is 4.26. The first-order chi connectivity index (χ1) is 13.2. The molecule has 6 heteroatoms. The molecule has 4 rings (SSSR count). The molecule has 0 amide bonds. The van der Waals surface area contributed by atoms with Gasteiger partial charge in [0.2, 0.25) is 0 Å². The molecule has 0 radical (unpaired) electrons. The molecule has 1 atom stereocenters. The van der Waals surface area contributed by atoms with E-state index in [2.05, 4.69) is 0 Å². The summed E-state index contributed by atoms with van der Waals surface area (Å²) in [5.41, 5.74) is 1.68. The van der Waals surface area contributed by atoms with Crippen LogP contribution in [0, 0.1) is 11.7 Å². The molecule has 0 bridgehead atoms. The highest BCUT2D eigenvalue weighted by Crippen LogP contribution is 2.50. The number of hydrogen-bond acceptors (Lipinski definition) is 4. The van der Waals surface area contributed by atoms with Crippen molar-refractivity contribution < 1.29 is 22.3 Å². The van der Waals surface area contributed by atoms with E-state index in [1.165, 1.54) is 12.1 Å². The fraction of sp³-hybridized carbons (Fsp3) is 0.318. The molecule has 146 valence electrons. The first-order valence-electron chi connectivity index (χ1n) is 9.22. The maximum Gasteiger partial charge on any atom is 0.340 e. The van der Waals surface area contributed by atoms with Gasteiger partial charge in [-0.3, -0.25) is 0 Å². The number of benzene rings is 2. The van der Waals surface area contributed by atoms with Crippen molar-refractivity contribution in [2.75, 3.05) is 6.26 Å². The van der Waals surface area contributed by atoms with Crippen LogP contribution in [0.2, 0.25) is 0 Å². The zero-order valence-electron chi connectivity index (χ0n) is 15.7. The fourth-order valence-electron chi connectivity index (χ4n) is 3.89. The van der Waals surface area contributed by atoms with Crippen LogP contribution in [0.3, 0.4) is 0 Å². The van der Waals surface area contributed by atoms with Gasteiger partial charge in [-0.25, -0.2) is 17.6 Å². The van der Waals surface area contributed by atoms with Crippen LogP contribution in [0.5, 0.6) is 0 Å². The van der Waals surface area contributed by atoms with Crippen LogP contribution in [0.15, 0.2) is 53.4 Å². The zero-order chi connectivity index (χ0) is 20.1. The maximum absolute atomic E-state index is 13.4. The van der Waals surface area contributed by atoms with Crippen molar-refractivity contribution >= 4 is 27.0 Å². The Balaban J connectivity index is 1.88. The number of esters is 1. The molecule has 0 N–H and O–H groups in total. The van der Waals surface area contributed by atoms with Gasteiger partial charge in [0, 0.05) is 11.8 Å². The monoisotopic (exact) mass is 400 g/mol. The van der Waals surface area contributed by atoms with Crippen LogP contribution in [0.25, 0.3) is 11.1 Å². The predicted molar refractivity (Wildman–Crippen MR) is 105 cm³/mol. The molecule has 0 saturated heterocycles. The molecule has 2 aromatic carbocycles. The van der Waals surface area contributed by atoms with E-state index in [0.29, 0.717) is 23.5 Å². The van der Waals surface area contributed by atoms with E-state index in [9.17, 15) is 17.6 Å². The minimum atomic E-state index is -3.32. The molecule has 28 heavy (non-hydrogen) atoms. The van der Waals surface area contributed by atoms with Crippen molar-refractivity contribution in [1.82, 2.24) is 0 Å². The number of carbonyl (C=O) groups excluding carboxylic acids is 1. The minimum absolute atomic E-state index is 0.217. The van der Waals surface area contributed by atoms with Crippen LogP contribution in [0.1, 0.15) is 37.3 Å². The highest BCUT2D eigenvalue weighted by Gasteiger charge is 2.47. The Labute approximate surface area is 164 Å². The Kier molecular flexibility index (Phi) is 4.42. The summed E-state index contributed by atoms with van der Waals surface area (Å²) in [6, 6.07) is 12.3. The normalized spacial score (nSPS) is 22.5. The summed E-state index contributed by atoms with van der Waals surface area (Å²) in [6.45, 7) is 1.90. The molecule has 1 aliphatic carbocycles. The lowest BCUT2D eigenvalue weighted by Crippen LogP contribution is -2.28. The Morgan fingerprint density at radius 3 is 2.14 bits per heavy atom. The average molecular weight is 400 g/mol. The van der Waals surface area contributed by atoms with E-state index in [1.807, 2.05) is 6.92 Å². The molecule has 1 saturated carbocycles. The van der Waals surface area contributed by atoms with Gasteiger partial charge in [0.1, 0.15) is 11.4 Å². The molecule has 1 unspecified atom stereocenters. The summed E-state index contributed by atoms with van der Waals surface area (Å²) in [7, 11) is -3.32. The first-order valence-corrected chi connectivity index (χ1v) is 11.1. The van der Waals surface area contributed by atoms with Gasteiger partial charge in [0.25, 0.3) is 0 Å². The second kappa shape index (κ2) is 6.55. The summed E-state index contributed by atoms with van der Waals surface area (Å²) in [5, 5.41) is 0. The Morgan fingerprint density at radius 1 is 1.04 bits per heavy atom. The van der Waals surface area contributed by atoms with Gasteiger partial charge < -0.3 is 4.74 Å². The van der Waals surface area contributed by atoms with Gasteiger partial charge in [-0.2, -0.15) is 0 Å². The zero-order valence-corrected chi connectivity index (χ0v) is 16.6. The third-order valence-corrected chi connectivity index (χ3v) is 6.51. The van der Waals surface area contributed by atoms with Gasteiger partial charge >= 0.3 is 5.97 Å². The number of sulfone groups is 1. The maximum atomic E-state index is 13.4. The van der Waals surface area contributed by atoms with Crippen LogP contribution in [0.4, 0.5) is 4.39 Å². The smallest absolute Gasteiger partial charge is 0.340 e. The van der Waals surface area contributed by atoms with E-state index < -0.39 is 21.4 Å².